The zero-order chi connectivity index (χ0) is 18.8. The lowest BCUT2D eigenvalue weighted by molar-refractivity contribution is -0.384. The van der Waals surface area contributed by atoms with Crippen molar-refractivity contribution in [1.29, 1.82) is 0 Å². The van der Waals surface area contributed by atoms with Gasteiger partial charge in [-0.1, -0.05) is 19.1 Å². The quantitative estimate of drug-likeness (QED) is 0.651. The zero-order valence-electron chi connectivity index (χ0n) is 13.9. The molecule has 0 spiro atoms. The number of fused-ring (bicyclic) bond motifs is 1. The highest BCUT2D eigenvalue weighted by atomic mass is 16.6. The van der Waals surface area contributed by atoms with Crippen molar-refractivity contribution in [1.82, 2.24) is 0 Å². The summed E-state index contributed by atoms with van der Waals surface area (Å²) in [5.74, 6) is -1.000. The average molecular weight is 356 g/mol. The molecule has 1 N–H and O–H groups in total. The normalized spacial score (nSPS) is 16.0. The van der Waals surface area contributed by atoms with E-state index in [1.54, 1.807) is 12.1 Å². The Morgan fingerprint density at radius 3 is 2.73 bits per heavy atom. The topological polar surface area (TPSA) is 110 Å². The van der Waals surface area contributed by atoms with Crippen LogP contribution in [0.5, 0.6) is 5.75 Å². The Morgan fingerprint density at radius 2 is 2.08 bits per heavy atom. The van der Waals surface area contributed by atoms with Crippen LogP contribution < -0.4 is 9.64 Å². The lowest BCUT2D eigenvalue weighted by atomic mass is 10.1. The third-order valence-electron chi connectivity index (χ3n) is 4.14. The molecule has 0 saturated heterocycles. The highest BCUT2D eigenvalue weighted by molar-refractivity contribution is 6.00. The summed E-state index contributed by atoms with van der Waals surface area (Å²) in [5.41, 5.74) is 0.857. The molecule has 0 bridgehead atoms. The predicted molar refractivity (Wildman–Crippen MR) is 92.4 cm³/mol. The van der Waals surface area contributed by atoms with Crippen LogP contribution in [-0.4, -0.2) is 28.0 Å². The molecular weight excluding hydrogens is 340 g/mol. The van der Waals surface area contributed by atoms with Gasteiger partial charge >= 0.3 is 5.97 Å². The van der Waals surface area contributed by atoms with Gasteiger partial charge in [-0.05, 0) is 30.2 Å². The molecule has 1 heterocycles. The molecule has 0 radical (unpaired) electrons. The van der Waals surface area contributed by atoms with Crippen molar-refractivity contribution in [2.75, 3.05) is 4.90 Å². The summed E-state index contributed by atoms with van der Waals surface area (Å²) in [6, 6.07) is 10.3. The van der Waals surface area contributed by atoms with Crippen LogP contribution in [0.25, 0.3) is 0 Å². The predicted octanol–water partition coefficient (Wildman–Crippen LogP) is 3.00. The maximum Gasteiger partial charge on any atom is 0.335 e. The smallest absolute Gasteiger partial charge is 0.335 e. The number of anilines is 1. The molecule has 2 aromatic rings. The Hall–Kier alpha value is -3.42. The summed E-state index contributed by atoms with van der Waals surface area (Å²) in [7, 11) is 0. The number of amides is 1. The lowest BCUT2D eigenvalue weighted by Crippen LogP contribution is -2.45. The van der Waals surface area contributed by atoms with E-state index in [2.05, 4.69) is 0 Å². The zero-order valence-corrected chi connectivity index (χ0v) is 13.9. The van der Waals surface area contributed by atoms with E-state index in [1.807, 2.05) is 6.92 Å². The summed E-state index contributed by atoms with van der Waals surface area (Å²) < 4.78 is 5.65. The number of carbonyl (C=O) groups excluding carboxylic acids is 1. The molecule has 8 heteroatoms. The number of carboxylic acids is 1. The number of rotatable bonds is 5. The molecule has 134 valence electrons. The third kappa shape index (κ3) is 3.21. The monoisotopic (exact) mass is 356 g/mol. The number of nitrogens with zero attached hydrogens (tertiary/aromatic N) is 2. The van der Waals surface area contributed by atoms with E-state index in [4.69, 9.17) is 9.84 Å². The fourth-order valence-corrected chi connectivity index (χ4v) is 2.83. The fraction of sp³-hybridized carbons (Fsp3) is 0.222. The molecule has 1 atom stereocenters. The SMILES string of the molecule is CCC1Oc2ccc([N+](=O)[O-])cc2N(Cc2cccc(C(=O)O)c2)C1=O. The summed E-state index contributed by atoms with van der Waals surface area (Å²) in [6.45, 7) is 1.90. The van der Waals surface area contributed by atoms with Crippen molar-refractivity contribution in [3.8, 4) is 5.75 Å². The summed E-state index contributed by atoms with van der Waals surface area (Å²) in [5, 5.41) is 20.2. The van der Waals surface area contributed by atoms with E-state index in [0.717, 1.165) is 0 Å². The highest BCUT2D eigenvalue weighted by Crippen LogP contribution is 2.38. The van der Waals surface area contributed by atoms with Gasteiger partial charge in [-0.3, -0.25) is 14.9 Å². The van der Waals surface area contributed by atoms with E-state index < -0.39 is 17.0 Å². The van der Waals surface area contributed by atoms with Crippen LogP contribution >= 0.6 is 0 Å². The summed E-state index contributed by atoms with van der Waals surface area (Å²) in [4.78, 5) is 35.8. The van der Waals surface area contributed by atoms with Gasteiger partial charge in [0.15, 0.2) is 6.10 Å². The van der Waals surface area contributed by atoms with Gasteiger partial charge in [0.05, 0.1) is 22.7 Å². The molecule has 0 aliphatic carbocycles. The second kappa shape index (κ2) is 6.83. The van der Waals surface area contributed by atoms with Crippen LogP contribution in [0.1, 0.15) is 29.3 Å². The molecule has 1 aliphatic heterocycles. The van der Waals surface area contributed by atoms with Crippen LogP contribution in [0.4, 0.5) is 11.4 Å². The first kappa shape index (κ1) is 17.4. The molecule has 2 aromatic carbocycles. The molecule has 8 nitrogen and oxygen atoms in total. The van der Waals surface area contributed by atoms with Crippen LogP contribution in [-0.2, 0) is 11.3 Å². The Balaban J connectivity index is 2.03. The maximum absolute atomic E-state index is 12.7. The van der Waals surface area contributed by atoms with Crippen molar-refractivity contribution < 1.29 is 24.4 Å². The Labute approximate surface area is 148 Å². The number of benzene rings is 2. The van der Waals surface area contributed by atoms with Gasteiger partial charge < -0.3 is 14.7 Å². The molecule has 1 unspecified atom stereocenters. The number of carbonyl (C=O) groups is 2. The largest absolute Gasteiger partial charge is 0.478 e. The van der Waals surface area contributed by atoms with Gasteiger partial charge in [-0.2, -0.15) is 0 Å². The van der Waals surface area contributed by atoms with Crippen molar-refractivity contribution in [2.24, 2.45) is 0 Å². The molecule has 0 saturated carbocycles. The Morgan fingerprint density at radius 1 is 1.31 bits per heavy atom. The number of nitro benzene ring substituents is 1. The average Bonchev–Trinajstić information content (AvgIpc) is 2.63. The van der Waals surface area contributed by atoms with E-state index in [9.17, 15) is 19.7 Å². The van der Waals surface area contributed by atoms with Gasteiger partial charge in [0.1, 0.15) is 5.75 Å². The molecule has 1 amide bonds. The van der Waals surface area contributed by atoms with Gasteiger partial charge in [0, 0.05) is 12.1 Å². The standard InChI is InChI=1S/C18H16N2O6/c1-2-15-17(21)19(10-11-4-3-5-12(8-11)18(22)23)14-9-13(20(24)25)6-7-16(14)26-15/h3-9,15H,2,10H2,1H3,(H,22,23). The molecule has 3 rings (SSSR count). The molecule has 0 aromatic heterocycles. The number of hydrogen-bond acceptors (Lipinski definition) is 5. The van der Waals surface area contributed by atoms with E-state index in [-0.39, 0.29) is 23.7 Å². The van der Waals surface area contributed by atoms with Crippen molar-refractivity contribution in [3.63, 3.8) is 0 Å². The Bertz CT molecular complexity index is 895. The first-order valence-corrected chi connectivity index (χ1v) is 7.99. The van der Waals surface area contributed by atoms with Crippen LogP contribution in [0.3, 0.4) is 0 Å². The second-order valence-corrected chi connectivity index (χ2v) is 5.85. The minimum Gasteiger partial charge on any atom is -0.478 e. The second-order valence-electron chi connectivity index (χ2n) is 5.85. The van der Waals surface area contributed by atoms with E-state index in [0.29, 0.717) is 23.4 Å². The first-order valence-electron chi connectivity index (χ1n) is 7.99. The fourth-order valence-electron chi connectivity index (χ4n) is 2.83. The first-order chi connectivity index (χ1) is 12.4. The number of non-ortho nitro benzene ring substituents is 1. The third-order valence-corrected chi connectivity index (χ3v) is 4.14. The molecule has 26 heavy (non-hydrogen) atoms. The van der Waals surface area contributed by atoms with Crippen LogP contribution in [0.2, 0.25) is 0 Å². The lowest BCUT2D eigenvalue weighted by Gasteiger charge is -2.34. The number of aromatic carboxylic acids is 1. The number of carboxylic acid groups (broad SMARTS) is 1. The summed E-state index contributed by atoms with van der Waals surface area (Å²) >= 11 is 0. The van der Waals surface area contributed by atoms with Gasteiger partial charge in [0.2, 0.25) is 0 Å². The van der Waals surface area contributed by atoms with Gasteiger partial charge in [-0.25, -0.2) is 4.79 Å². The Kier molecular flexibility index (Phi) is 4.57. The number of ether oxygens (including phenoxy) is 1. The number of nitro groups is 1. The van der Waals surface area contributed by atoms with E-state index >= 15 is 0 Å². The van der Waals surface area contributed by atoms with Gasteiger partial charge in [-0.15, -0.1) is 0 Å². The van der Waals surface area contributed by atoms with Gasteiger partial charge in [0.25, 0.3) is 11.6 Å². The van der Waals surface area contributed by atoms with Crippen molar-refractivity contribution in [2.45, 2.75) is 26.0 Å². The summed E-state index contributed by atoms with van der Waals surface area (Å²) in [6.07, 6.45) is -0.243. The number of hydrogen-bond donors (Lipinski definition) is 1. The minimum absolute atomic E-state index is 0.0913. The van der Waals surface area contributed by atoms with Crippen molar-refractivity contribution in [3.05, 3.63) is 63.7 Å². The van der Waals surface area contributed by atoms with Crippen LogP contribution in [0, 0.1) is 10.1 Å². The molecular formula is C18H16N2O6. The van der Waals surface area contributed by atoms with Crippen LogP contribution in [0.15, 0.2) is 42.5 Å². The molecule has 1 aliphatic rings. The van der Waals surface area contributed by atoms with Crippen molar-refractivity contribution >= 4 is 23.3 Å². The highest BCUT2D eigenvalue weighted by Gasteiger charge is 2.34. The maximum atomic E-state index is 12.7. The molecule has 0 fully saturated rings. The van der Waals surface area contributed by atoms with E-state index in [1.165, 1.54) is 35.2 Å². The minimum atomic E-state index is -1.07.